The molecule has 0 saturated carbocycles. The van der Waals surface area contributed by atoms with Crippen molar-refractivity contribution in [1.29, 1.82) is 0 Å². The van der Waals surface area contributed by atoms with Gasteiger partial charge in [-0.3, -0.25) is 0 Å². The minimum absolute atomic E-state index is 0.0248. The number of nitrogen functional groups attached to an aromatic ring is 1. The number of nitrogens with zero attached hydrogens (tertiary/aromatic N) is 1. The molecule has 0 aliphatic carbocycles. The predicted molar refractivity (Wildman–Crippen MR) is 68.3 cm³/mol. The second-order valence-corrected chi connectivity index (χ2v) is 5.48. The quantitative estimate of drug-likeness (QED) is 0.480. The molecule has 0 bridgehead atoms. The summed E-state index contributed by atoms with van der Waals surface area (Å²) in [5, 5.41) is 0. The van der Waals surface area contributed by atoms with Crippen molar-refractivity contribution in [1.82, 2.24) is 9.71 Å². The van der Waals surface area contributed by atoms with E-state index < -0.39 is 10.0 Å². The second-order valence-electron chi connectivity index (χ2n) is 3.80. The third-order valence-electron chi connectivity index (χ3n) is 2.31. The minimum Gasteiger partial charge on any atom is -0.385 e. The highest BCUT2D eigenvalue weighted by Gasteiger charge is 2.21. The van der Waals surface area contributed by atoms with E-state index in [-0.39, 0.29) is 16.8 Å². The zero-order valence-corrected chi connectivity index (χ0v) is 11.2. The number of hydrazine groups is 1. The Morgan fingerprint density at radius 2 is 2.28 bits per heavy atom. The van der Waals surface area contributed by atoms with Crippen LogP contribution in [-0.4, -0.2) is 33.2 Å². The third kappa shape index (κ3) is 3.91. The number of nitrogens with one attached hydrogen (secondary N) is 2. The predicted octanol–water partition coefficient (Wildman–Crippen LogP) is 0.0705. The normalized spacial score (nSPS) is 13.3. The van der Waals surface area contributed by atoms with Crippen LogP contribution in [-0.2, 0) is 14.8 Å². The maximum Gasteiger partial charge on any atom is 0.244 e. The maximum atomic E-state index is 12.1. The standard InChI is InChI=1S/C10H18N4O3S/c1-8(5-7-17-2)14-18(15,16)9-4-3-6-12-10(9)13-11/h3-4,6,8,14H,5,7,11H2,1-2H3,(H,12,13). The topological polar surface area (TPSA) is 106 Å². The van der Waals surface area contributed by atoms with Crippen molar-refractivity contribution in [3.8, 4) is 0 Å². The van der Waals surface area contributed by atoms with E-state index in [1.807, 2.05) is 0 Å². The number of hydrogen-bond acceptors (Lipinski definition) is 6. The summed E-state index contributed by atoms with van der Waals surface area (Å²) in [5.41, 5.74) is 2.26. The smallest absolute Gasteiger partial charge is 0.244 e. The van der Waals surface area contributed by atoms with Gasteiger partial charge in [-0.1, -0.05) is 0 Å². The molecule has 4 N–H and O–H groups in total. The number of ether oxygens (including phenoxy) is 1. The van der Waals surface area contributed by atoms with Crippen LogP contribution in [0, 0.1) is 0 Å². The fraction of sp³-hybridized carbons (Fsp3) is 0.500. The third-order valence-corrected chi connectivity index (χ3v) is 3.93. The molecule has 0 fully saturated rings. The summed E-state index contributed by atoms with van der Waals surface area (Å²) in [6, 6.07) is 2.74. The highest BCUT2D eigenvalue weighted by Crippen LogP contribution is 2.17. The van der Waals surface area contributed by atoms with Crippen LogP contribution in [0.4, 0.5) is 5.82 Å². The maximum absolute atomic E-state index is 12.1. The average molecular weight is 274 g/mol. The summed E-state index contributed by atoms with van der Waals surface area (Å²) >= 11 is 0. The SMILES string of the molecule is COCCC(C)NS(=O)(=O)c1cccnc1NN. The summed E-state index contributed by atoms with van der Waals surface area (Å²) in [6.45, 7) is 2.25. The first-order valence-corrected chi connectivity index (χ1v) is 6.92. The lowest BCUT2D eigenvalue weighted by molar-refractivity contribution is 0.188. The molecule has 0 spiro atoms. The Kier molecular flexibility index (Phi) is 5.48. The zero-order valence-electron chi connectivity index (χ0n) is 10.4. The summed E-state index contributed by atoms with van der Waals surface area (Å²) in [5.74, 6) is 5.35. The van der Waals surface area contributed by atoms with Gasteiger partial charge >= 0.3 is 0 Å². The van der Waals surface area contributed by atoms with Crippen molar-refractivity contribution in [2.75, 3.05) is 19.1 Å². The van der Waals surface area contributed by atoms with Gasteiger partial charge in [-0.15, -0.1) is 0 Å². The lowest BCUT2D eigenvalue weighted by atomic mass is 10.3. The van der Waals surface area contributed by atoms with E-state index >= 15 is 0 Å². The van der Waals surface area contributed by atoms with Gasteiger partial charge in [0.25, 0.3) is 0 Å². The summed E-state index contributed by atoms with van der Waals surface area (Å²) in [7, 11) is -2.08. The molecule has 0 aliphatic heterocycles. The van der Waals surface area contributed by atoms with E-state index in [1.54, 1.807) is 14.0 Å². The van der Waals surface area contributed by atoms with Crippen LogP contribution in [0.15, 0.2) is 23.2 Å². The van der Waals surface area contributed by atoms with E-state index in [0.29, 0.717) is 13.0 Å². The minimum atomic E-state index is -3.64. The molecule has 0 saturated heterocycles. The molecule has 1 atom stereocenters. The van der Waals surface area contributed by atoms with Crippen molar-refractivity contribution in [2.45, 2.75) is 24.3 Å². The average Bonchev–Trinajstić information content (AvgIpc) is 2.35. The van der Waals surface area contributed by atoms with Crippen molar-refractivity contribution in [3.63, 3.8) is 0 Å². The van der Waals surface area contributed by atoms with Gasteiger partial charge in [-0.2, -0.15) is 0 Å². The zero-order chi connectivity index (χ0) is 13.6. The van der Waals surface area contributed by atoms with E-state index in [1.165, 1.54) is 18.3 Å². The lowest BCUT2D eigenvalue weighted by Gasteiger charge is -2.15. The van der Waals surface area contributed by atoms with Crippen LogP contribution in [0.25, 0.3) is 0 Å². The van der Waals surface area contributed by atoms with Crippen LogP contribution >= 0.6 is 0 Å². The fourth-order valence-corrected chi connectivity index (χ4v) is 2.80. The van der Waals surface area contributed by atoms with Gasteiger partial charge in [0.05, 0.1) is 0 Å². The molecule has 1 heterocycles. The van der Waals surface area contributed by atoms with Gasteiger partial charge in [-0.05, 0) is 25.5 Å². The molecule has 18 heavy (non-hydrogen) atoms. The van der Waals surface area contributed by atoms with E-state index in [9.17, 15) is 8.42 Å². The molecule has 7 nitrogen and oxygen atoms in total. The first kappa shape index (κ1) is 14.8. The number of aromatic nitrogens is 1. The molecule has 1 unspecified atom stereocenters. The monoisotopic (exact) mass is 274 g/mol. The molecule has 1 rings (SSSR count). The molecule has 1 aromatic rings. The van der Waals surface area contributed by atoms with Gasteiger partial charge in [0.15, 0.2) is 5.82 Å². The number of rotatable bonds is 7. The van der Waals surface area contributed by atoms with Crippen molar-refractivity contribution in [2.24, 2.45) is 5.84 Å². The molecular formula is C10H18N4O3S. The lowest BCUT2D eigenvalue weighted by Crippen LogP contribution is -2.34. The molecule has 102 valence electrons. The Morgan fingerprint density at radius 1 is 1.56 bits per heavy atom. The van der Waals surface area contributed by atoms with Crippen LogP contribution in [0.5, 0.6) is 0 Å². The number of methoxy groups -OCH3 is 1. The molecule has 0 amide bonds. The van der Waals surface area contributed by atoms with Gasteiger partial charge in [0.2, 0.25) is 10.0 Å². The Morgan fingerprint density at radius 3 is 2.89 bits per heavy atom. The molecule has 0 radical (unpaired) electrons. The van der Waals surface area contributed by atoms with Crippen LogP contribution < -0.4 is 16.0 Å². The van der Waals surface area contributed by atoms with Gasteiger partial charge in [0.1, 0.15) is 4.90 Å². The van der Waals surface area contributed by atoms with Crippen LogP contribution in [0.3, 0.4) is 0 Å². The van der Waals surface area contributed by atoms with Crippen molar-refractivity contribution < 1.29 is 13.2 Å². The molecule has 0 aromatic carbocycles. The number of pyridine rings is 1. The number of hydrogen-bond donors (Lipinski definition) is 3. The number of nitrogens with two attached hydrogens (primary N) is 1. The van der Waals surface area contributed by atoms with E-state index in [0.717, 1.165) is 0 Å². The van der Waals surface area contributed by atoms with Gasteiger partial charge in [0, 0.05) is 26.0 Å². The Balaban J connectivity index is 2.86. The van der Waals surface area contributed by atoms with Crippen molar-refractivity contribution >= 4 is 15.8 Å². The van der Waals surface area contributed by atoms with E-state index in [2.05, 4.69) is 15.1 Å². The van der Waals surface area contributed by atoms with E-state index in [4.69, 9.17) is 10.6 Å². The number of anilines is 1. The second kappa shape index (κ2) is 6.64. The van der Waals surface area contributed by atoms with Crippen LogP contribution in [0.2, 0.25) is 0 Å². The summed E-state index contributed by atoms with van der Waals surface area (Å²) in [6.07, 6.45) is 2.05. The highest BCUT2D eigenvalue weighted by molar-refractivity contribution is 7.89. The molecule has 1 aromatic heterocycles. The molecule has 8 heteroatoms. The Bertz CT molecular complexity index is 478. The Labute approximate surface area is 107 Å². The molecular weight excluding hydrogens is 256 g/mol. The van der Waals surface area contributed by atoms with Crippen molar-refractivity contribution in [3.05, 3.63) is 18.3 Å². The summed E-state index contributed by atoms with van der Waals surface area (Å²) < 4.78 is 31.6. The van der Waals surface area contributed by atoms with Crippen LogP contribution in [0.1, 0.15) is 13.3 Å². The fourth-order valence-electron chi connectivity index (χ4n) is 1.40. The molecule has 0 aliphatic rings. The largest absolute Gasteiger partial charge is 0.385 e. The first-order valence-electron chi connectivity index (χ1n) is 5.44. The number of sulfonamides is 1. The summed E-state index contributed by atoms with van der Waals surface area (Å²) in [4.78, 5) is 3.88. The first-order chi connectivity index (χ1) is 8.51. The van der Waals surface area contributed by atoms with Gasteiger partial charge in [-0.25, -0.2) is 24.0 Å². The Hall–Kier alpha value is -1.22. The highest BCUT2D eigenvalue weighted by atomic mass is 32.2. The van der Waals surface area contributed by atoms with Gasteiger partial charge < -0.3 is 10.2 Å².